The van der Waals surface area contributed by atoms with Gasteiger partial charge in [0.2, 0.25) is 0 Å². The lowest BCUT2D eigenvalue weighted by Crippen LogP contribution is -2.29. The highest BCUT2D eigenvalue weighted by Crippen LogP contribution is 2.35. The maximum atomic E-state index is 13.1. The summed E-state index contributed by atoms with van der Waals surface area (Å²) in [7, 11) is 0. The number of nitrogens with two attached hydrogens (primary N) is 1. The molecule has 1 aromatic carbocycles. The summed E-state index contributed by atoms with van der Waals surface area (Å²) in [5.74, 6) is 0.518. The fraction of sp³-hybridized carbons (Fsp3) is 0.600. The molecule has 0 fully saturated rings. The molecule has 2 atom stereocenters. The lowest BCUT2D eigenvalue weighted by molar-refractivity contribution is 0.146. The minimum absolute atomic E-state index is 0.0966. The first-order valence-electron chi connectivity index (χ1n) is 6.92. The van der Waals surface area contributed by atoms with Crippen molar-refractivity contribution in [1.29, 1.82) is 0 Å². The van der Waals surface area contributed by atoms with E-state index < -0.39 is 0 Å². The number of fused-ring (bicyclic) bond motifs is 1. The van der Waals surface area contributed by atoms with E-state index in [-0.39, 0.29) is 18.0 Å². The van der Waals surface area contributed by atoms with E-state index in [2.05, 4.69) is 6.92 Å². The van der Waals surface area contributed by atoms with Crippen LogP contribution < -0.4 is 10.5 Å². The van der Waals surface area contributed by atoms with E-state index in [1.165, 1.54) is 37.8 Å². The number of benzene rings is 1. The zero-order valence-corrected chi connectivity index (χ0v) is 11.0. The SMILES string of the molecule is CCCCCCC1C[C@H](N)c2cc(F)ccc2O1. The lowest BCUT2D eigenvalue weighted by Gasteiger charge is -2.30. The summed E-state index contributed by atoms with van der Waals surface area (Å²) in [4.78, 5) is 0. The molecule has 1 aliphatic rings. The number of hydrogen-bond donors (Lipinski definition) is 1. The Bertz CT molecular complexity index is 394. The predicted molar refractivity (Wildman–Crippen MR) is 71.1 cm³/mol. The monoisotopic (exact) mass is 251 g/mol. The van der Waals surface area contributed by atoms with E-state index in [1.807, 2.05) is 0 Å². The third-order valence-corrected chi connectivity index (χ3v) is 3.56. The lowest BCUT2D eigenvalue weighted by atomic mass is 9.94. The normalized spacial score (nSPS) is 22.4. The second-order valence-electron chi connectivity index (χ2n) is 5.11. The molecular weight excluding hydrogens is 229 g/mol. The first-order chi connectivity index (χ1) is 8.70. The van der Waals surface area contributed by atoms with Crippen LogP contribution in [0.5, 0.6) is 5.75 Å². The van der Waals surface area contributed by atoms with Crippen molar-refractivity contribution in [2.75, 3.05) is 0 Å². The molecule has 2 rings (SSSR count). The Labute approximate surface area is 108 Å². The summed E-state index contributed by atoms with van der Waals surface area (Å²) in [6.07, 6.45) is 6.99. The molecule has 0 spiro atoms. The number of rotatable bonds is 5. The summed E-state index contributed by atoms with van der Waals surface area (Å²) < 4.78 is 19.0. The average Bonchev–Trinajstić information content (AvgIpc) is 2.36. The Balaban J connectivity index is 1.93. The highest BCUT2D eigenvalue weighted by Gasteiger charge is 2.25. The van der Waals surface area contributed by atoms with Gasteiger partial charge >= 0.3 is 0 Å². The largest absolute Gasteiger partial charge is 0.490 e. The van der Waals surface area contributed by atoms with Gasteiger partial charge in [-0.3, -0.25) is 0 Å². The molecular formula is C15H22FNO. The smallest absolute Gasteiger partial charge is 0.124 e. The van der Waals surface area contributed by atoms with Gasteiger partial charge in [-0.05, 0) is 31.0 Å². The minimum atomic E-state index is -0.241. The summed E-state index contributed by atoms with van der Waals surface area (Å²) in [5.41, 5.74) is 6.89. The van der Waals surface area contributed by atoms with Crippen LogP contribution in [0.1, 0.15) is 57.1 Å². The van der Waals surface area contributed by atoms with Gasteiger partial charge in [0.05, 0.1) is 0 Å². The Kier molecular flexibility index (Phi) is 4.59. The maximum Gasteiger partial charge on any atom is 0.124 e. The number of hydrogen-bond acceptors (Lipinski definition) is 2. The maximum absolute atomic E-state index is 13.1. The molecule has 18 heavy (non-hydrogen) atoms. The summed E-state index contributed by atoms with van der Waals surface area (Å²) in [6, 6.07) is 4.53. The molecule has 0 amide bonds. The fourth-order valence-electron chi connectivity index (χ4n) is 2.53. The topological polar surface area (TPSA) is 35.2 Å². The van der Waals surface area contributed by atoms with Crippen molar-refractivity contribution in [2.45, 2.75) is 57.6 Å². The van der Waals surface area contributed by atoms with Gasteiger partial charge in [0, 0.05) is 18.0 Å². The zero-order chi connectivity index (χ0) is 13.0. The van der Waals surface area contributed by atoms with E-state index in [1.54, 1.807) is 6.07 Å². The molecule has 0 aliphatic carbocycles. The van der Waals surface area contributed by atoms with Crippen molar-refractivity contribution in [3.8, 4) is 5.75 Å². The first-order valence-corrected chi connectivity index (χ1v) is 6.92. The standard InChI is InChI=1S/C15H22FNO/c1-2-3-4-5-6-12-10-14(17)13-9-11(16)7-8-15(13)18-12/h7-9,12,14H,2-6,10,17H2,1H3/t12?,14-/m0/s1. The third kappa shape index (κ3) is 3.22. The van der Waals surface area contributed by atoms with Gasteiger partial charge in [-0.2, -0.15) is 0 Å². The van der Waals surface area contributed by atoms with Crippen molar-refractivity contribution < 1.29 is 9.13 Å². The van der Waals surface area contributed by atoms with Gasteiger partial charge < -0.3 is 10.5 Å². The first kappa shape index (κ1) is 13.3. The number of ether oxygens (including phenoxy) is 1. The molecule has 1 aromatic rings. The molecule has 1 unspecified atom stereocenters. The number of halogens is 1. The van der Waals surface area contributed by atoms with E-state index in [0.29, 0.717) is 0 Å². The van der Waals surface area contributed by atoms with Crippen molar-refractivity contribution in [2.24, 2.45) is 5.73 Å². The van der Waals surface area contributed by atoms with Gasteiger partial charge in [-0.1, -0.05) is 26.2 Å². The molecule has 1 heterocycles. The molecule has 0 radical (unpaired) electrons. The van der Waals surface area contributed by atoms with E-state index in [0.717, 1.165) is 24.2 Å². The van der Waals surface area contributed by atoms with Crippen LogP contribution in [0.3, 0.4) is 0 Å². The molecule has 0 bridgehead atoms. The summed E-state index contributed by atoms with van der Waals surface area (Å²) in [5, 5.41) is 0. The second-order valence-corrected chi connectivity index (χ2v) is 5.11. The Morgan fingerprint density at radius 3 is 2.94 bits per heavy atom. The van der Waals surface area contributed by atoms with Gasteiger partial charge in [0.1, 0.15) is 17.7 Å². The Hall–Kier alpha value is -1.09. The van der Waals surface area contributed by atoms with Gasteiger partial charge in [-0.15, -0.1) is 0 Å². The molecule has 100 valence electrons. The fourth-order valence-corrected chi connectivity index (χ4v) is 2.53. The van der Waals surface area contributed by atoms with Gasteiger partial charge in [-0.25, -0.2) is 4.39 Å². The van der Waals surface area contributed by atoms with Crippen LogP contribution in [0.2, 0.25) is 0 Å². The van der Waals surface area contributed by atoms with Crippen LogP contribution in [0.4, 0.5) is 4.39 Å². The van der Waals surface area contributed by atoms with Crippen LogP contribution in [0.25, 0.3) is 0 Å². The van der Waals surface area contributed by atoms with Crippen molar-refractivity contribution in [1.82, 2.24) is 0 Å². The van der Waals surface area contributed by atoms with E-state index >= 15 is 0 Å². The minimum Gasteiger partial charge on any atom is -0.490 e. The number of unbranched alkanes of at least 4 members (excludes halogenated alkanes) is 3. The van der Waals surface area contributed by atoms with Gasteiger partial charge in [0.25, 0.3) is 0 Å². The second kappa shape index (κ2) is 6.19. The Morgan fingerprint density at radius 2 is 2.17 bits per heavy atom. The van der Waals surface area contributed by atoms with Crippen LogP contribution in [0, 0.1) is 5.82 Å². The van der Waals surface area contributed by atoms with Crippen molar-refractivity contribution >= 4 is 0 Å². The van der Waals surface area contributed by atoms with Gasteiger partial charge in [0.15, 0.2) is 0 Å². The zero-order valence-electron chi connectivity index (χ0n) is 11.0. The molecule has 1 aliphatic heterocycles. The quantitative estimate of drug-likeness (QED) is 0.804. The van der Waals surface area contributed by atoms with Crippen LogP contribution >= 0.6 is 0 Å². The van der Waals surface area contributed by atoms with E-state index in [9.17, 15) is 4.39 Å². The van der Waals surface area contributed by atoms with Crippen molar-refractivity contribution in [3.05, 3.63) is 29.6 Å². The van der Waals surface area contributed by atoms with Crippen LogP contribution in [-0.2, 0) is 0 Å². The summed E-state index contributed by atoms with van der Waals surface area (Å²) >= 11 is 0. The summed E-state index contributed by atoms with van der Waals surface area (Å²) in [6.45, 7) is 2.21. The Morgan fingerprint density at radius 1 is 1.33 bits per heavy atom. The average molecular weight is 251 g/mol. The molecule has 3 heteroatoms. The molecule has 0 saturated carbocycles. The highest BCUT2D eigenvalue weighted by atomic mass is 19.1. The molecule has 0 aromatic heterocycles. The molecule has 2 N–H and O–H groups in total. The predicted octanol–water partition coefficient (Wildman–Crippen LogP) is 3.95. The van der Waals surface area contributed by atoms with Crippen LogP contribution in [0.15, 0.2) is 18.2 Å². The molecule has 2 nitrogen and oxygen atoms in total. The van der Waals surface area contributed by atoms with Crippen molar-refractivity contribution in [3.63, 3.8) is 0 Å². The van der Waals surface area contributed by atoms with E-state index in [4.69, 9.17) is 10.5 Å². The third-order valence-electron chi connectivity index (χ3n) is 3.56. The highest BCUT2D eigenvalue weighted by molar-refractivity contribution is 5.38. The van der Waals surface area contributed by atoms with Crippen LogP contribution in [-0.4, -0.2) is 6.10 Å². The molecule has 0 saturated heterocycles.